The van der Waals surface area contributed by atoms with E-state index in [1.54, 1.807) is 38.5 Å². The Morgan fingerprint density at radius 3 is 2.81 bits per heavy atom. The van der Waals surface area contributed by atoms with Crippen molar-refractivity contribution in [3.05, 3.63) is 42.4 Å². The van der Waals surface area contributed by atoms with Gasteiger partial charge in [0.15, 0.2) is 0 Å². The number of carbonyl (C=O) groups is 1. The van der Waals surface area contributed by atoms with Crippen LogP contribution in [-0.2, 0) is 4.79 Å². The van der Waals surface area contributed by atoms with Gasteiger partial charge in [-0.15, -0.1) is 0 Å². The highest BCUT2D eigenvalue weighted by Crippen LogP contribution is 2.35. The molecule has 1 aliphatic rings. The van der Waals surface area contributed by atoms with E-state index in [1.807, 2.05) is 24.3 Å². The largest absolute Gasteiger partial charge is 0.496 e. The van der Waals surface area contributed by atoms with Crippen molar-refractivity contribution in [3.8, 4) is 17.0 Å². The summed E-state index contributed by atoms with van der Waals surface area (Å²) in [6.07, 6.45) is 5.57. The Balaban J connectivity index is 1.87. The number of hydrogen-bond acceptors (Lipinski definition) is 5. The Morgan fingerprint density at radius 2 is 2.04 bits per heavy atom. The van der Waals surface area contributed by atoms with Gasteiger partial charge in [0.1, 0.15) is 5.75 Å². The van der Waals surface area contributed by atoms with Gasteiger partial charge in [-0.2, -0.15) is 0 Å². The Labute approximate surface area is 154 Å². The Kier molecular flexibility index (Phi) is 5.83. The number of methoxy groups -OCH3 is 1. The molecule has 138 valence electrons. The zero-order valence-corrected chi connectivity index (χ0v) is 15.7. The molecule has 0 aliphatic carbocycles. The van der Waals surface area contributed by atoms with Crippen LogP contribution in [0.1, 0.15) is 24.5 Å². The van der Waals surface area contributed by atoms with Crippen LogP contribution < -0.4 is 4.74 Å². The van der Waals surface area contributed by atoms with Gasteiger partial charge >= 0.3 is 0 Å². The molecule has 2 aromatic rings. The van der Waals surface area contributed by atoms with E-state index < -0.39 is 0 Å². The molecule has 0 radical (unpaired) electrons. The lowest BCUT2D eigenvalue weighted by Crippen LogP contribution is -2.41. The van der Waals surface area contributed by atoms with Gasteiger partial charge in [0, 0.05) is 44.5 Å². The minimum atomic E-state index is 0.134. The molecular weight excluding hydrogens is 328 g/mol. The van der Waals surface area contributed by atoms with Crippen molar-refractivity contribution < 1.29 is 9.53 Å². The van der Waals surface area contributed by atoms with E-state index in [9.17, 15) is 4.79 Å². The smallest absolute Gasteiger partial charge is 0.236 e. The standard InChI is InChI=1S/C20H26N4O2/c1-23(2)18(25)14-24-12-6-7-15(13-24)19-20(22-11-10-21-19)16-8-4-5-9-17(16)26-3/h4-5,8-11,15H,6-7,12-14H2,1-3H3/t15-/m0/s1. The van der Waals surface area contributed by atoms with Crippen LogP contribution in [0.25, 0.3) is 11.3 Å². The minimum Gasteiger partial charge on any atom is -0.496 e. The minimum absolute atomic E-state index is 0.134. The number of rotatable bonds is 5. The van der Waals surface area contributed by atoms with Crippen LogP contribution in [0.15, 0.2) is 36.7 Å². The highest BCUT2D eigenvalue weighted by atomic mass is 16.5. The maximum atomic E-state index is 12.1. The average molecular weight is 354 g/mol. The van der Waals surface area contributed by atoms with E-state index >= 15 is 0 Å². The fourth-order valence-electron chi connectivity index (χ4n) is 3.45. The molecule has 6 nitrogen and oxygen atoms in total. The summed E-state index contributed by atoms with van der Waals surface area (Å²) >= 11 is 0. The normalized spacial score (nSPS) is 17.7. The van der Waals surface area contributed by atoms with Gasteiger partial charge in [0.2, 0.25) is 5.91 Å². The molecule has 1 atom stereocenters. The van der Waals surface area contributed by atoms with E-state index in [1.165, 1.54) is 0 Å². The Hall–Kier alpha value is -2.47. The topological polar surface area (TPSA) is 58.6 Å². The van der Waals surface area contributed by atoms with Crippen molar-refractivity contribution >= 4 is 5.91 Å². The van der Waals surface area contributed by atoms with Crippen LogP contribution in [0.3, 0.4) is 0 Å². The Morgan fingerprint density at radius 1 is 1.27 bits per heavy atom. The maximum Gasteiger partial charge on any atom is 0.236 e. The summed E-state index contributed by atoms with van der Waals surface area (Å²) in [5, 5.41) is 0. The van der Waals surface area contributed by atoms with Gasteiger partial charge < -0.3 is 9.64 Å². The van der Waals surface area contributed by atoms with Gasteiger partial charge in [-0.3, -0.25) is 19.7 Å². The van der Waals surface area contributed by atoms with E-state index in [0.717, 1.165) is 48.6 Å². The predicted molar refractivity (Wildman–Crippen MR) is 101 cm³/mol. The quantitative estimate of drug-likeness (QED) is 0.825. The highest BCUT2D eigenvalue weighted by molar-refractivity contribution is 5.77. The second-order valence-corrected chi connectivity index (χ2v) is 6.85. The van der Waals surface area contributed by atoms with Gasteiger partial charge in [-0.1, -0.05) is 12.1 Å². The highest BCUT2D eigenvalue weighted by Gasteiger charge is 2.27. The fraction of sp³-hybridized carbons (Fsp3) is 0.450. The number of benzene rings is 1. The van der Waals surface area contributed by atoms with Crippen molar-refractivity contribution in [3.63, 3.8) is 0 Å². The molecule has 1 aliphatic heterocycles. The number of aromatic nitrogens is 2. The van der Waals surface area contributed by atoms with Crippen LogP contribution >= 0.6 is 0 Å². The molecule has 26 heavy (non-hydrogen) atoms. The molecule has 0 N–H and O–H groups in total. The first kappa shape index (κ1) is 18.3. The van der Waals surface area contributed by atoms with E-state index in [-0.39, 0.29) is 11.8 Å². The molecule has 1 saturated heterocycles. The number of carbonyl (C=O) groups excluding carboxylic acids is 1. The van der Waals surface area contributed by atoms with Crippen LogP contribution in [0.4, 0.5) is 0 Å². The summed E-state index contributed by atoms with van der Waals surface area (Å²) in [4.78, 5) is 25.2. The molecule has 1 amide bonds. The number of para-hydroxylation sites is 1. The third kappa shape index (κ3) is 4.02. The van der Waals surface area contributed by atoms with Crippen molar-refractivity contribution in [2.75, 3.05) is 40.8 Å². The van der Waals surface area contributed by atoms with Crippen LogP contribution in [0.5, 0.6) is 5.75 Å². The first-order valence-corrected chi connectivity index (χ1v) is 8.97. The average Bonchev–Trinajstić information content (AvgIpc) is 2.68. The number of piperidine rings is 1. The monoisotopic (exact) mass is 354 g/mol. The molecule has 0 bridgehead atoms. The molecule has 0 spiro atoms. The fourth-order valence-corrected chi connectivity index (χ4v) is 3.45. The van der Waals surface area contributed by atoms with Gasteiger partial charge in [0.05, 0.1) is 25.0 Å². The summed E-state index contributed by atoms with van der Waals surface area (Å²) < 4.78 is 5.51. The van der Waals surface area contributed by atoms with E-state index in [2.05, 4.69) is 14.9 Å². The Bertz CT molecular complexity index is 763. The zero-order chi connectivity index (χ0) is 18.5. The summed E-state index contributed by atoms with van der Waals surface area (Å²) in [6.45, 7) is 2.22. The number of likely N-dealkylation sites (N-methyl/N-ethyl adjacent to an activating group) is 1. The molecule has 3 rings (SSSR count). The van der Waals surface area contributed by atoms with Crippen LogP contribution in [0.2, 0.25) is 0 Å². The number of hydrogen-bond donors (Lipinski definition) is 0. The lowest BCUT2D eigenvalue weighted by molar-refractivity contribution is -0.130. The van der Waals surface area contributed by atoms with Gasteiger partial charge in [0.25, 0.3) is 0 Å². The summed E-state index contributed by atoms with van der Waals surface area (Å²) in [5.74, 6) is 1.19. The number of nitrogens with zero attached hydrogens (tertiary/aromatic N) is 4. The number of amides is 1. The lowest BCUT2D eigenvalue weighted by atomic mass is 9.91. The second-order valence-electron chi connectivity index (χ2n) is 6.85. The SMILES string of the molecule is COc1ccccc1-c1nccnc1[C@H]1CCCN(CC(=O)N(C)C)C1. The summed E-state index contributed by atoms with van der Waals surface area (Å²) in [6, 6.07) is 7.89. The lowest BCUT2D eigenvalue weighted by Gasteiger charge is -2.33. The predicted octanol–water partition coefficient (Wildman–Crippen LogP) is 2.42. The van der Waals surface area contributed by atoms with E-state index in [0.29, 0.717) is 6.54 Å². The third-order valence-corrected chi connectivity index (χ3v) is 4.84. The molecule has 0 saturated carbocycles. The summed E-state index contributed by atoms with van der Waals surface area (Å²) in [7, 11) is 5.27. The molecule has 1 aromatic heterocycles. The van der Waals surface area contributed by atoms with Gasteiger partial charge in [-0.05, 0) is 31.5 Å². The van der Waals surface area contributed by atoms with E-state index in [4.69, 9.17) is 4.74 Å². The second kappa shape index (κ2) is 8.27. The van der Waals surface area contributed by atoms with Crippen LogP contribution in [-0.4, -0.2) is 66.5 Å². The molecular formula is C20H26N4O2. The maximum absolute atomic E-state index is 12.1. The van der Waals surface area contributed by atoms with Gasteiger partial charge in [-0.25, -0.2) is 0 Å². The molecule has 2 heterocycles. The third-order valence-electron chi connectivity index (χ3n) is 4.84. The molecule has 6 heteroatoms. The van der Waals surface area contributed by atoms with Crippen molar-refractivity contribution in [1.82, 2.24) is 19.8 Å². The van der Waals surface area contributed by atoms with Crippen molar-refractivity contribution in [2.24, 2.45) is 0 Å². The van der Waals surface area contributed by atoms with Crippen molar-refractivity contribution in [1.29, 1.82) is 0 Å². The van der Waals surface area contributed by atoms with Crippen molar-refractivity contribution in [2.45, 2.75) is 18.8 Å². The van der Waals surface area contributed by atoms with Crippen LogP contribution in [0, 0.1) is 0 Å². The molecule has 0 unspecified atom stereocenters. The number of likely N-dealkylation sites (tertiary alicyclic amines) is 1. The molecule has 1 aromatic carbocycles. The molecule has 1 fully saturated rings. The summed E-state index contributed by atoms with van der Waals surface area (Å²) in [5.41, 5.74) is 2.81. The number of ether oxygens (including phenoxy) is 1. The zero-order valence-electron chi connectivity index (χ0n) is 15.7. The first-order chi connectivity index (χ1) is 12.6. The first-order valence-electron chi connectivity index (χ1n) is 8.97.